The van der Waals surface area contributed by atoms with Crippen LogP contribution in [0, 0.1) is 17.5 Å². The van der Waals surface area contributed by atoms with Crippen molar-refractivity contribution in [3.8, 4) is 28.7 Å². The summed E-state index contributed by atoms with van der Waals surface area (Å²) in [5.41, 5.74) is -2.21. The normalized spacial score (nSPS) is 11.8. The molecule has 1 aromatic carbocycles. The third-order valence-electron chi connectivity index (χ3n) is 3.90. The van der Waals surface area contributed by atoms with Gasteiger partial charge in [0.1, 0.15) is 5.69 Å². The molecule has 0 saturated heterocycles. The van der Waals surface area contributed by atoms with E-state index in [0.717, 1.165) is 0 Å². The van der Waals surface area contributed by atoms with E-state index in [9.17, 15) is 31.1 Å². The lowest BCUT2D eigenvalue weighted by Crippen LogP contribution is -2.24. The number of hydrogen-bond acceptors (Lipinski definition) is 6. The van der Waals surface area contributed by atoms with Gasteiger partial charge < -0.3 is 4.74 Å². The maximum Gasteiger partial charge on any atom is 0.422 e. The Morgan fingerprint density at radius 2 is 1.71 bits per heavy atom. The summed E-state index contributed by atoms with van der Waals surface area (Å²) in [6.07, 6.45) is -2.09. The third kappa shape index (κ3) is 3.91. The van der Waals surface area contributed by atoms with E-state index in [1.54, 1.807) is 0 Å². The standard InChI is InChI=1S/C17H8F6N6O2/c18-8-4-7(5-9(19)11(8)20)10-12(13-24-2-1-3-25-13)28-29-14(10)26-15(27-16(29)30)31-6-17(21,22)23/h1-5H,6H2,(H,26,27,30). The van der Waals surface area contributed by atoms with Gasteiger partial charge in [0.05, 0.1) is 5.56 Å². The van der Waals surface area contributed by atoms with Crippen LogP contribution in [0.15, 0.2) is 35.4 Å². The Balaban J connectivity index is 2.00. The van der Waals surface area contributed by atoms with Crippen LogP contribution in [0.5, 0.6) is 6.01 Å². The first-order chi connectivity index (χ1) is 14.6. The Morgan fingerprint density at radius 1 is 1.06 bits per heavy atom. The summed E-state index contributed by atoms with van der Waals surface area (Å²) < 4.78 is 83.6. The average Bonchev–Trinajstić information content (AvgIpc) is 3.10. The van der Waals surface area contributed by atoms with Crippen LogP contribution in [-0.2, 0) is 0 Å². The minimum atomic E-state index is -4.72. The summed E-state index contributed by atoms with van der Waals surface area (Å²) >= 11 is 0. The van der Waals surface area contributed by atoms with Crippen molar-refractivity contribution in [3.63, 3.8) is 0 Å². The first-order valence-corrected chi connectivity index (χ1v) is 8.29. The van der Waals surface area contributed by atoms with Crippen molar-refractivity contribution in [1.82, 2.24) is 29.5 Å². The smallest absolute Gasteiger partial charge is 0.422 e. The molecule has 0 aliphatic rings. The molecule has 0 bridgehead atoms. The van der Waals surface area contributed by atoms with Gasteiger partial charge in [-0.3, -0.25) is 4.98 Å². The Kier molecular flexibility index (Phi) is 4.83. The number of benzene rings is 1. The summed E-state index contributed by atoms with van der Waals surface area (Å²) in [5, 5.41) is 3.96. The monoisotopic (exact) mass is 442 g/mol. The fourth-order valence-corrected chi connectivity index (χ4v) is 2.68. The van der Waals surface area contributed by atoms with Gasteiger partial charge in [0.15, 0.2) is 35.5 Å². The molecule has 8 nitrogen and oxygen atoms in total. The summed E-state index contributed by atoms with van der Waals surface area (Å²) in [6.45, 7) is -1.76. The molecule has 3 aromatic heterocycles. The van der Waals surface area contributed by atoms with Crippen molar-refractivity contribution >= 4 is 5.65 Å². The van der Waals surface area contributed by atoms with Crippen LogP contribution < -0.4 is 10.4 Å². The van der Waals surface area contributed by atoms with Crippen LogP contribution in [0.4, 0.5) is 26.3 Å². The molecule has 0 aliphatic carbocycles. The maximum absolute atomic E-state index is 13.9. The number of halogens is 6. The van der Waals surface area contributed by atoms with Crippen molar-refractivity contribution in [2.45, 2.75) is 6.18 Å². The van der Waals surface area contributed by atoms with Gasteiger partial charge in [-0.2, -0.15) is 27.8 Å². The molecule has 0 amide bonds. The highest BCUT2D eigenvalue weighted by Crippen LogP contribution is 2.34. The molecule has 14 heteroatoms. The van der Waals surface area contributed by atoms with Crippen LogP contribution in [0.25, 0.3) is 28.3 Å². The van der Waals surface area contributed by atoms with Crippen molar-refractivity contribution < 1.29 is 31.1 Å². The summed E-state index contributed by atoms with van der Waals surface area (Å²) in [7, 11) is 0. The van der Waals surface area contributed by atoms with Gasteiger partial charge in [-0.25, -0.2) is 27.9 Å². The minimum absolute atomic E-state index is 0.0923. The number of hydrogen-bond donors (Lipinski definition) is 1. The topological polar surface area (TPSA) is 98.1 Å². The molecular formula is C17H8F6N6O2. The molecule has 4 aromatic rings. The van der Waals surface area contributed by atoms with Crippen molar-refractivity contribution in [2.24, 2.45) is 0 Å². The molecule has 0 fully saturated rings. The van der Waals surface area contributed by atoms with Gasteiger partial charge in [-0.05, 0) is 23.8 Å². The zero-order valence-electron chi connectivity index (χ0n) is 14.9. The number of H-pyrrole nitrogens is 1. The largest absolute Gasteiger partial charge is 0.455 e. The lowest BCUT2D eigenvalue weighted by atomic mass is 10.0. The van der Waals surface area contributed by atoms with Gasteiger partial charge >= 0.3 is 11.9 Å². The van der Waals surface area contributed by atoms with Crippen LogP contribution in [0.3, 0.4) is 0 Å². The number of ether oxygens (including phenoxy) is 1. The van der Waals surface area contributed by atoms with E-state index in [-0.39, 0.29) is 22.6 Å². The van der Waals surface area contributed by atoms with Crippen LogP contribution in [-0.4, -0.2) is 42.3 Å². The average molecular weight is 442 g/mol. The maximum atomic E-state index is 13.9. The second kappa shape index (κ2) is 7.37. The number of aromatic amines is 1. The van der Waals surface area contributed by atoms with Gasteiger partial charge in [0.25, 0.3) is 6.01 Å². The fraction of sp³-hybridized carbons (Fsp3) is 0.118. The lowest BCUT2D eigenvalue weighted by Gasteiger charge is -2.08. The number of rotatable bonds is 4. The molecular weight excluding hydrogens is 434 g/mol. The SMILES string of the molecule is O=c1[nH]c(OCC(F)(F)F)nc2c(-c3cc(F)c(F)c(F)c3)c(-c3ncccn3)nn12. The third-order valence-corrected chi connectivity index (χ3v) is 3.90. The lowest BCUT2D eigenvalue weighted by molar-refractivity contribution is -0.154. The van der Waals surface area contributed by atoms with Crippen LogP contribution in [0.2, 0.25) is 0 Å². The highest BCUT2D eigenvalue weighted by atomic mass is 19.4. The molecule has 1 N–H and O–H groups in total. The summed E-state index contributed by atoms with van der Waals surface area (Å²) in [6, 6.07) is 1.87. The number of fused-ring (bicyclic) bond motifs is 1. The first kappa shape index (κ1) is 20.3. The van der Waals surface area contributed by atoms with Crippen molar-refractivity contribution in [1.29, 1.82) is 0 Å². The van der Waals surface area contributed by atoms with Gasteiger partial charge in [0.2, 0.25) is 0 Å². The van der Waals surface area contributed by atoms with E-state index in [2.05, 4.69) is 24.8 Å². The molecule has 0 saturated carbocycles. The van der Waals surface area contributed by atoms with Crippen LogP contribution in [0.1, 0.15) is 0 Å². The highest BCUT2D eigenvalue weighted by Gasteiger charge is 2.30. The predicted octanol–water partition coefficient (Wildman–Crippen LogP) is 2.90. The molecule has 0 unspecified atom stereocenters. The van der Waals surface area contributed by atoms with E-state index < -0.39 is 47.6 Å². The Hall–Kier alpha value is -3.97. The highest BCUT2D eigenvalue weighted by molar-refractivity contribution is 5.88. The van der Waals surface area contributed by atoms with Crippen molar-refractivity contribution in [2.75, 3.05) is 6.61 Å². The zero-order valence-corrected chi connectivity index (χ0v) is 14.9. The van der Waals surface area contributed by atoms with E-state index >= 15 is 0 Å². The predicted molar refractivity (Wildman–Crippen MR) is 91.5 cm³/mol. The molecule has 31 heavy (non-hydrogen) atoms. The molecule has 0 aliphatic heterocycles. The molecule has 0 atom stereocenters. The molecule has 160 valence electrons. The van der Waals surface area contributed by atoms with Crippen LogP contribution >= 0.6 is 0 Å². The molecule has 0 radical (unpaired) electrons. The van der Waals surface area contributed by atoms with E-state index in [1.165, 1.54) is 18.5 Å². The number of nitrogens with one attached hydrogen (secondary N) is 1. The first-order valence-electron chi connectivity index (χ1n) is 8.29. The Morgan fingerprint density at radius 3 is 2.32 bits per heavy atom. The van der Waals surface area contributed by atoms with E-state index in [4.69, 9.17) is 0 Å². The number of alkyl halides is 3. The van der Waals surface area contributed by atoms with Gasteiger partial charge in [-0.1, -0.05) is 0 Å². The fourth-order valence-electron chi connectivity index (χ4n) is 2.68. The summed E-state index contributed by atoms with van der Waals surface area (Å²) in [5.74, 6) is -4.93. The van der Waals surface area contributed by atoms with E-state index in [1.807, 2.05) is 4.98 Å². The Bertz CT molecular complexity index is 1310. The molecule has 4 rings (SSSR count). The number of aromatic nitrogens is 6. The molecule has 0 spiro atoms. The Labute approximate surface area is 167 Å². The second-order valence-electron chi connectivity index (χ2n) is 6.04. The summed E-state index contributed by atoms with van der Waals surface area (Å²) in [4.78, 5) is 26.0. The van der Waals surface area contributed by atoms with E-state index in [0.29, 0.717) is 16.6 Å². The quantitative estimate of drug-likeness (QED) is 0.386. The number of nitrogens with zero attached hydrogens (tertiary/aromatic N) is 5. The van der Waals surface area contributed by atoms with Gasteiger partial charge in [-0.15, -0.1) is 0 Å². The minimum Gasteiger partial charge on any atom is -0.455 e. The molecule has 3 heterocycles. The van der Waals surface area contributed by atoms with Gasteiger partial charge in [0, 0.05) is 12.4 Å². The second-order valence-corrected chi connectivity index (χ2v) is 6.04. The van der Waals surface area contributed by atoms with Crippen molar-refractivity contribution in [3.05, 3.63) is 58.5 Å². The zero-order chi connectivity index (χ0) is 22.3.